The van der Waals surface area contributed by atoms with Crippen LogP contribution in [-0.2, 0) is 4.79 Å². The number of aryl methyl sites for hydroxylation is 1. The van der Waals surface area contributed by atoms with E-state index in [2.05, 4.69) is 10.6 Å². The second-order valence-electron chi connectivity index (χ2n) is 7.16. The fourth-order valence-electron chi connectivity index (χ4n) is 3.66. The lowest BCUT2D eigenvalue weighted by molar-refractivity contribution is -0.119. The normalized spacial score (nSPS) is 16.2. The zero-order valence-corrected chi connectivity index (χ0v) is 15.8. The Balaban J connectivity index is 1.48. The molecule has 28 heavy (non-hydrogen) atoms. The third kappa shape index (κ3) is 3.69. The van der Waals surface area contributed by atoms with Gasteiger partial charge in [0, 0.05) is 23.3 Å². The molecule has 142 valence electrons. The van der Waals surface area contributed by atoms with Crippen LogP contribution in [0.25, 0.3) is 10.8 Å². The number of likely N-dealkylation sites (tertiary alicyclic amines) is 1. The van der Waals surface area contributed by atoms with Crippen molar-refractivity contribution in [3.05, 3.63) is 72.3 Å². The van der Waals surface area contributed by atoms with Crippen LogP contribution in [0.4, 0.5) is 16.2 Å². The predicted octanol–water partition coefficient (Wildman–Crippen LogP) is 4.78. The Morgan fingerprint density at radius 3 is 2.50 bits per heavy atom. The van der Waals surface area contributed by atoms with Crippen LogP contribution in [0.5, 0.6) is 0 Å². The number of anilines is 2. The molecule has 1 saturated heterocycles. The summed E-state index contributed by atoms with van der Waals surface area (Å²) >= 11 is 0. The molecule has 0 aromatic heterocycles. The lowest BCUT2D eigenvalue weighted by atomic mass is 10.1. The highest BCUT2D eigenvalue weighted by Gasteiger charge is 2.34. The molecule has 3 amide bonds. The molecule has 0 unspecified atom stereocenters. The summed E-state index contributed by atoms with van der Waals surface area (Å²) in [6.07, 6.45) is 1.48. The molecule has 5 nitrogen and oxygen atoms in total. The molecule has 0 bridgehead atoms. The minimum Gasteiger partial charge on any atom is -0.324 e. The Morgan fingerprint density at radius 2 is 1.68 bits per heavy atom. The van der Waals surface area contributed by atoms with Crippen molar-refractivity contribution >= 4 is 34.1 Å². The molecule has 0 spiro atoms. The SMILES string of the molecule is Cc1ccc(NC(=O)N2CCC[C@@H]2C(=O)Nc2cccc3ccccc23)cc1. The Kier molecular flexibility index (Phi) is 4.98. The van der Waals surface area contributed by atoms with Crippen LogP contribution in [0.3, 0.4) is 0 Å². The van der Waals surface area contributed by atoms with E-state index in [0.717, 1.165) is 34.1 Å². The van der Waals surface area contributed by atoms with Crippen molar-refractivity contribution < 1.29 is 9.59 Å². The summed E-state index contributed by atoms with van der Waals surface area (Å²) in [7, 11) is 0. The van der Waals surface area contributed by atoms with Crippen LogP contribution >= 0.6 is 0 Å². The number of nitrogens with zero attached hydrogens (tertiary/aromatic N) is 1. The third-order valence-corrected chi connectivity index (χ3v) is 5.17. The maximum atomic E-state index is 12.9. The van der Waals surface area contributed by atoms with Crippen LogP contribution in [-0.4, -0.2) is 29.4 Å². The highest BCUT2D eigenvalue weighted by molar-refractivity contribution is 6.05. The van der Waals surface area contributed by atoms with E-state index in [1.54, 1.807) is 4.90 Å². The third-order valence-electron chi connectivity index (χ3n) is 5.17. The molecule has 5 heteroatoms. The van der Waals surface area contributed by atoms with Gasteiger partial charge in [-0.3, -0.25) is 4.79 Å². The number of urea groups is 1. The first kappa shape index (κ1) is 18.0. The van der Waals surface area contributed by atoms with E-state index in [1.165, 1.54) is 0 Å². The quantitative estimate of drug-likeness (QED) is 0.694. The summed E-state index contributed by atoms with van der Waals surface area (Å²) in [6.45, 7) is 2.57. The Bertz CT molecular complexity index is 1010. The number of carbonyl (C=O) groups excluding carboxylic acids is 2. The van der Waals surface area contributed by atoms with E-state index in [-0.39, 0.29) is 11.9 Å². The number of rotatable bonds is 3. The van der Waals surface area contributed by atoms with Crippen molar-refractivity contribution in [3.8, 4) is 0 Å². The number of amides is 3. The van der Waals surface area contributed by atoms with Gasteiger partial charge in [-0.25, -0.2) is 4.79 Å². The maximum absolute atomic E-state index is 12.9. The zero-order chi connectivity index (χ0) is 19.5. The van der Waals surface area contributed by atoms with Crippen LogP contribution in [0.15, 0.2) is 66.7 Å². The highest BCUT2D eigenvalue weighted by atomic mass is 16.2. The molecular weight excluding hydrogens is 350 g/mol. The van der Waals surface area contributed by atoms with Crippen molar-refractivity contribution in [1.29, 1.82) is 0 Å². The van der Waals surface area contributed by atoms with E-state index >= 15 is 0 Å². The Morgan fingerprint density at radius 1 is 0.929 bits per heavy atom. The summed E-state index contributed by atoms with van der Waals surface area (Å²) in [5, 5.41) is 7.98. The fraction of sp³-hybridized carbons (Fsp3) is 0.217. The van der Waals surface area contributed by atoms with Gasteiger partial charge in [-0.1, -0.05) is 54.1 Å². The fourth-order valence-corrected chi connectivity index (χ4v) is 3.66. The van der Waals surface area contributed by atoms with Crippen molar-refractivity contribution in [3.63, 3.8) is 0 Å². The number of hydrogen-bond donors (Lipinski definition) is 2. The minimum absolute atomic E-state index is 0.145. The standard InChI is InChI=1S/C23H23N3O2/c1-16-11-13-18(14-12-16)24-23(28)26-15-5-10-21(26)22(27)25-20-9-4-7-17-6-2-3-8-19(17)20/h2-4,6-9,11-14,21H,5,10,15H2,1H3,(H,24,28)(H,25,27)/t21-/m1/s1. The number of fused-ring (bicyclic) bond motifs is 1. The molecule has 1 fully saturated rings. The van der Waals surface area contributed by atoms with E-state index in [9.17, 15) is 9.59 Å². The van der Waals surface area contributed by atoms with Crippen LogP contribution in [0, 0.1) is 6.92 Å². The van der Waals surface area contributed by atoms with Gasteiger partial charge in [0.05, 0.1) is 0 Å². The molecular formula is C23H23N3O2. The minimum atomic E-state index is -0.468. The van der Waals surface area contributed by atoms with Gasteiger partial charge in [-0.2, -0.15) is 0 Å². The molecule has 3 aromatic rings. The summed E-state index contributed by atoms with van der Waals surface area (Å²) < 4.78 is 0. The first-order valence-corrected chi connectivity index (χ1v) is 9.55. The van der Waals surface area contributed by atoms with E-state index in [1.807, 2.05) is 73.7 Å². The average Bonchev–Trinajstić information content (AvgIpc) is 3.20. The molecule has 3 aromatic carbocycles. The van der Waals surface area contributed by atoms with E-state index < -0.39 is 6.04 Å². The number of carbonyl (C=O) groups is 2. The Labute approximate surface area is 164 Å². The molecule has 0 aliphatic carbocycles. The first-order valence-electron chi connectivity index (χ1n) is 9.55. The molecule has 4 rings (SSSR count). The van der Waals surface area contributed by atoms with Gasteiger partial charge in [0.2, 0.25) is 5.91 Å². The van der Waals surface area contributed by atoms with Crippen molar-refractivity contribution in [2.75, 3.05) is 17.2 Å². The van der Waals surface area contributed by atoms with Gasteiger partial charge < -0.3 is 15.5 Å². The molecule has 2 N–H and O–H groups in total. The molecule has 0 radical (unpaired) electrons. The Hall–Kier alpha value is -3.34. The van der Waals surface area contributed by atoms with Crippen molar-refractivity contribution in [2.45, 2.75) is 25.8 Å². The summed E-state index contributed by atoms with van der Waals surface area (Å²) in [6, 6.07) is 20.7. The average molecular weight is 373 g/mol. The first-order chi connectivity index (χ1) is 13.6. The molecule has 0 saturated carbocycles. The van der Waals surface area contributed by atoms with Crippen LogP contribution < -0.4 is 10.6 Å². The van der Waals surface area contributed by atoms with E-state index in [0.29, 0.717) is 13.0 Å². The smallest absolute Gasteiger partial charge is 0.322 e. The maximum Gasteiger partial charge on any atom is 0.322 e. The van der Waals surface area contributed by atoms with Gasteiger partial charge in [0.25, 0.3) is 0 Å². The topological polar surface area (TPSA) is 61.4 Å². The second kappa shape index (κ2) is 7.72. The molecule has 1 heterocycles. The number of hydrogen-bond acceptors (Lipinski definition) is 2. The van der Waals surface area contributed by atoms with E-state index in [4.69, 9.17) is 0 Å². The predicted molar refractivity (Wildman–Crippen MR) is 113 cm³/mol. The monoisotopic (exact) mass is 373 g/mol. The summed E-state index contributed by atoms with van der Waals surface area (Å²) in [4.78, 5) is 27.3. The van der Waals surface area contributed by atoms with Crippen molar-refractivity contribution in [2.24, 2.45) is 0 Å². The number of benzene rings is 3. The van der Waals surface area contributed by atoms with Gasteiger partial charge >= 0.3 is 6.03 Å². The summed E-state index contributed by atoms with van der Waals surface area (Å²) in [5.74, 6) is -0.145. The lowest BCUT2D eigenvalue weighted by Crippen LogP contribution is -2.45. The van der Waals surface area contributed by atoms with Gasteiger partial charge in [0.1, 0.15) is 6.04 Å². The van der Waals surface area contributed by atoms with Gasteiger partial charge in [0.15, 0.2) is 0 Å². The zero-order valence-electron chi connectivity index (χ0n) is 15.8. The summed E-state index contributed by atoms with van der Waals surface area (Å²) in [5.41, 5.74) is 2.64. The molecule has 1 aliphatic heterocycles. The lowest BCUT2D eigenvalue weighted by Gasteiger charge is -2.24. The highest BCUT2D eigenvalue weighted by Crippen LogP contribution is 2.25. The molecule has 1 aliphatic rings. The largest absolute Gasteiger partial charge is 0.324 e. The van der Waals surface area contributed by atoms with Gasteiger partial charge in [-0.15, -0.1) is 0 Å². The molecule has 1 atom stereocenters. The second-order valence-corrected chi connectivity index (χ2v) is 7.16. The van der Waals surface area contributed by atoms with Crippen LogP contribution in [0.1, 0.15) is 18.4 Å². The number of nitrogens with one attached hydrogen (secondary N) is 2. The van der Waals surface area contributed by atoms with Gasteiger partial charge in [-0.05, 0) is 43.4 Å². The van der Waals surface area contributed by atoms with Crippen molar-refractivity contribution in [1.82, 2.24) is 4.90 Å². The van der Waals surface area contributed by atoms with Crippen LogP contribution in [0.2, 0.25) is 0 Å².